The van der Waals surface area contributed by atoms with Crippen LogP contribution in [0.15, 0.2) is 12.2 Å². The summed E-state index contributed by atoms with van der Waals surface area (Å²) in [5, 5.41) is 0. The standard InChI is InChI=1S/C11H16O/c1-11-6-3-2-4-9(11)8-10(12)5-7-11/h5,7,9H,2-4,6,8H2,1H3. The lowest BCUT2D eigenvalue weighted by atomic mass is 9.63. The molecule has 12 heavy (non-hydrogen) atoms. The summed E-state index contributed by atoms with van der Waals surface area (Å²) < 4.78 is 0. The molecule has 66 valence electrons. The van der Waals surface area contributed by atoms with Crippen LogP contribution >= 0.6 is 0 Å². The average Bonchev–Trinajstić information content (AvgIpc) is 2.06. The van der Waals surface area contributed by atoms with Crippen molar-refractivity contribution in [3.63, 3.8) is 0 Å². The number of hydrogen-bond acceptors (Lipinski definition) is 1. The molecule has 1 nitrogen and oxygen atoms in total. The Labute approximate surface area is 73.8 Å². The van der Waals surface area contributed by atoms with Crippen LogP contribution in [-0.2, 0) is 4.79 Å². The lowest BCUT2D eigenvalue weighted by Gasteiger charge is -2.41. The van der Waals surface area contributed by atoms with Crippen molar-refractivity contribution in [2.75, 3.05) is 0 Å². The Hall–Kier alpha value is -0.590. The summed E-state index contributed by atoms with van der Waals surface area (Å²) in [4.78, 5) is 11.2. The zero-order chi connectivity index (χ0) is 8.60. The molecule has 0 aromatic heterocycles. The summed E-state index contributed by atoms with van der Waals surface area (Å²) in [6.07, 6.45) is 9.94. The van der Waals surface area contributed by atoms with E-state index in [2.05, 4.69) is 13.0 Å². The van der Waals surface area contributed by atoms with Crippen molar-refractivity contribution in [3.05, 3.63) is 12.2 Å². The Kier molecular flexibility index (Phi) is 1.82. The van der Waals surface area contributed by atoms with Crippen molar-refractivity contribution in [1.82, 2.24) is 0 Å². The van der Waals surface area contributed by atoms with E-state index in [1.165, 1.54) is 25.7 Å². The average molecular weight is 164 g/mol. The molecule has 0 radical (unpaired) electrons. The first-order chi connectivity index (χ1) is 5.71. The van der Waals surface area contributed by atoms with E-state index in [1.807, 2.05) is 0 Å². The highest BCUT2D eigenvalue weighted by atomic mass is 16.1. The molecule has 0 heterocycles. The SMILES string of the molecule is CC12C=CC(=O)CC1CCCC2. The molecule has 1 fully saturated rings. The molecule has 0 amide bonds. The molecule has 2 aliphatic carbocycles. The zero-order valence-corrected chi connectivity index (χ0v) is 7.68. The van der Waals surface area contributed by atoms with Crippen LogP contribution in [0.4, 0.5) is 0 Å². The second-order valence-electron chi connectivity index (χ2n) is 4.45. The highest BCUT2D eigenvalue weighted by molar-refractivity contribution is 5.90. The van der Waals surface area contributed by atoms with Gasteiger partial charge in [-0.05, 0) is 30.3 Å². The van der Waals surface area contributed by atoms with Crippen LogP contribution in [0.3, 0.4) is 0 Å². The third-order valence-corrected chi connectivity index (χ3v) is 3.55. The molecule has 1 heteroatoms. The maximum absolute atomic E-state index is 11.2. The van der Waals surface area contributed by atoms with Crippen LogP contribution in [0.5, 0.6) is 0 Å². The predicted octanol–water partition coefficient (Wildman–Crippen LogP) is 2.71. The normalized spacial score (nSPS) is 41.1. The van der Waals surface area contributed by atoms with E-state index in [4.69, 9.17) is 0 Å². The third-order valence-electron chi connectivity index (χ3n) is 3.55. The molecule has 0 aliphatic heterocycles. The fourth-order valence-electron chi connectivity index (χ4n) is 2.58. The van der Waals surface area contributed by atoms with Crippen molar-refractivity contribution in [2.24, 2.45) is 11.3 Å². The number of allylic oxidation sites excluding steroid dienone is 2. The van der Waals surface area contributed by atoms with Gasteiger partial charge in [-0.3, -0.25) is 4.79 Å². The van der Waals surface area contributed by atoms with E-state index in [0.29, 0.717) is 17.1 Å². The summed E-state index contributed by atoms with van der Waals surface area (Å²) in [5.74, 6) is 0.975. The van der Waals surface area contributed by atoms with Crippen LogP contribution in [-0.4, -0.2) is 5.78 Å². The first-order valence-electron chi connectivity index (χ1n) is 4.93. The lowest BCUT2D eigenvalue weighted by Crippen LogP contribution is -2.33. The minimum Gasteiger partial charge on any atom is -0.295 e. The van der Waals surface area contributed by atoms with Crippen molar-refractivity contribution in [2.45, 2.75) is 39.0 Å². The third kappa shape index (κ3) is 1.21. The van der Waals surface area contributed by atoms with E-state index in [-0.39, 0.29) is 0 Å². The Morgan fingerprint density at radius 1 is 1.50 bits per heavy atom. The molecule has 0 spiro atoms. The Morgan fingerprint density at radius 2 is 2.33 bits per heavy atom. The van der Waals surface area contributed by atoms with Crippen molar-refractivity contribution in [1.29, 1.82) is 0 Å². The van der Waals surface area contributed by atoms with Gasteiger partial charge in [-0.1, -0.05) is 25.8 Å². The largest absolute Gasteiger partial charge is 0.295 e. The quantitative estimate of drug-likeness (QED) is 0.538. The second-order valence-corrected chi connectivity index (χ2v) is 4.45. The molecule has 0 saturated heterocycles. The Balaban J connectivity index is 2.23. The molecule has 0 aromatic carbocycles. The number of carbonyl (C=O) groups excluding carboxylic acids is 1. The van der Waals surface area contributed by atoms with Crippen molar-refractivity contribution >= 4 is 5.78 Å². The van der Waals surface area contributed by atoms with E-state index in [0.717, 1.165) is 6.42 Å². The van der Waals surface area contributed by atoms with Crippen LogP contribution in [0, 0.1) is 11.3 Å². The number of rotatable bonds is 0. The van der Waals surface area contributed by atoms with Gasteiger partial charge < -0.3 is 0 Å². The van der Waals surface area contributed by atoms with Gasteiger partial charge in [0, 0.05) is 6.42 Å². The van der Waals surface area contributed by atoms with Gasteiger partial charge in [-0.25, -0.2) is 0 Å². The van der Waals surface area contributed by atoms with Gasteiger partial charge >= 0.3 is 0 Å². The fourth-order valence-corrected chi connectivity index (χ4v) is 2.58. The number of hydrogen-bond donors (Lipinski definition) is 0. The topological polar surface area (TPSA) is 17.1 Å². The zero-order valence-electron chi connectivity index (χ0n) is 7.68. The molecule has 0 aromatic rings. The van der Waals surface area contributed by atoms with Gasteiger partial charge in [0.2, 0.25) is 0 Å². The lowest BCUT2D eigenvalue weighted by molar-refractivity contribution is -0.117. The fraction of sp³-hybridized carbons (Fsp3) is 0.727. The summed E-state index contributed by atoms with van der Waals surface area (Å²) in [5.41, 5.74) is 0.353. The molecule has 0 N–H and O–H groups in total. The minimum absolute atomic E-state index is 0.333. The van der Waals surface area contributed by atoms with E-state index in [1.54, 1.807) is 6.08 Å². The highest BCUT2D eigenvalue weighted by Crippen LogP contribution is 2.45. The smallest absolute Gasteiger partial charge is 0.155 e. The molecular formula is C11H16O. The number of carbonyl (C=O) groups is 1. The molecule has 2 unspecified atom stereocenters. The molecule has 1 saturated carbocycles. The van der Waals surface area contributed by atoms with Gasteiger partial charge in [-0.15, -0.1) is 0 Å². The first-order valence-corrected chi connectivity index (χ1v) is 4.93. The first kappa shape index (κ1) is 8.03. The molecule has 2 rings (SSSR count). The second kappa shape index (κ2) is 2.72. The van der Waals surface area contributed by atoms with Gasteiger partial charge in [0.1, 0.15) is 0 Å². The monoisotopic (exact) mass is 164 g/mol. The van der Waals surface area contributed by atoms with Crippen LogP contribution < -0.4 is 0 Å². The van der Waals surface area contributed by atoms with E-state index < -0.39 is 0 Å². The molecule has 2 atom stereocenters. The molecule has 2 aliphatic rings. The molecular weight excluding hydrogens is 148 g/mol. The number of fused-ring (bicyclic) bond motifs is 1. The maximum atomic E-state index is 11.2. The van der Waals surface area contributed by atoms with Crippen molar-refractivity contribution < 1.29 is 4.79 Å². The Bertz CT molecular complexity index is 229. The minimum atomic E-state index is 0.333. The van der Waals surface area contributed by atoms with Gasteiger partial charge in [0.05, 0.1) is 0 Å². The maximum Gasteiger partial charge on any atom is 0.155 e. The van der Waals surface area contributed by atoms with Crippen molar-refractivity contribution in [3.8, 4) is 0 Å². The molecule has 0 bridgehead atoms. The number of ketones is 1. The Morgan fingerprint density at radius 3 is 3.17 bits per heavy atom. The van der Waals surface area contributed by atoms with E-state index in [9.17, 15) is 4.79 Å². The predicted molar refractivity (Wildman–Crippen MR) is 48.8 cm³/mol. The highest BCUT2D eigenvalue weighted by Gasteiger charge is 2.37. The summed E-state index contributed by atoms with van der Waals surface area (Å²) in [7, 11) is 0. The van der Waals surface area contributed by atoms with Crippen LogP contribution in [0.25, 0.3) is 0 Å². The van der Waals surface area contributed by atoms with E-state index >= 15 is 0 Å². The van der Waals surface area contributed by atoms with Gasteiger partial charge in [0.25, 0.3) is 0 Å². The summed E-state index contributed by atoms with van der Waals surface area (Å²) in [6.45, 7) is 2.31. The summed E-state index contributed by atoms with van der Waals surface area (Å²) in [6, 6.07) is 0. The van der Waals surface area contributed by atoms with Crippen LogP contribution in [0.2, 0.25) is 0 Å². The van der Waals surface area contributed by atoms with Crippen LogP contribution in [0.1, 0.15) is 39.0 Å². The van der Waals surface area contributed by atoms with Gasteiger partial charge in [-0.2, -0.15) is 0 Å². The summed E-state index contributed by atoms with van der Waals surface area (Å²) >= 11 is 0. The van der Waals surface area contributed by atoms with Gasteiger partial charge in [0.15, 0.2) is 5.78 Å².